The Morgan fingerprint density at radius 2 is 2.04 bits per heavy atom. The van der Waals surface area contributed by atoms with Gasteiger partial charge in [-0.15, -0.1) is 0 Å². The van der Waals surface area contributed by atoms with Gasteiger partial charge in [-0.05, 0) is 37.3 Å². The van der Waals surface area contributed by atoms with Gasteiger partial charge < -0.3 is 14.8 Å². The first-order valence-electron chi connectivity index (χ1n) is 8.41. The molecule has 146 valence electrons. The summed E-state index contributed by atoms with van der Waals surface area (Å²) in [6.07, 6.45) is 0. The van der Waals surface area contributed by atoms with Crippen molar-refractivity contribution in [2.45, 2.75) is 25.6 Å². The lowest BCUT2D eigenvalue weighted by molar-refractivity contribution is -0.131. The van der Waals surface area contributed by atoms with Gasteiger partial charge >= 0.3 is 6.03 Å². The van der Waals surface area contributed by atoms with Gasteiger partial charge in [0.05, 0.1) is 13.2 Å². The first-order valence-corrected chi connectivity index (χ1v) is 8.79. The SMILES string of the molecule is C[C@@]1(c2cc(F)ccc2F)NC(=O)N(Cc2cc(Cl)cc3c2OCOC3)C1=O. The predicted octanol–water partition coefficient (Wildman–Crippen LogP) is 3.45. The minimum Gasteiger partial charge on any atom is -0.467 e. The third kappa shape index (κ3) is 2.98. The Bertz CT molecular complexity index is 1000. The van der Waals surface area contributed by atoms with Crippen molar-refractivity contribution in [1.29, 1.82) is 0 Å². The van der Waals surface area contributed by atoms with Crippen LogP contribution in [0.3, 0.4) is 0 Å². The molecule has 0 bridgehead atoms. The average molecular weight is 409 g/mol. The summed E-state index contributed by atoms with van der Waals surface area (Å²) in [4.78, 5) is 26.4. The second kappa shape index (κ2) is 6.72. The molecule has 0 aliphatic carbocycles. The van der Waals surface area contributed by atoms with Gasteiger partial charge in [0.2, 0.25) is 0 Å². The lowest BCUT2D eigenvalue weighted by Gasteiger charge is -2.24. The van der Waals surface area contributed by atoms with E-state index in [9.17, 15) is 18.4 Å². The van der Waals surface area contributed by atoms with Gasteiger partial charge in [-0.2, -0.15) is 0 Å². The van der Waals surface area contributed by atoms with Crippen LogP contribution in [-0.2, 0) is 28.2 Å². The summed E-state index contributed by atoms with van der Waals surface area (Å²) in [7, 11) is 0. The van der Waals surface area contributed by atoms with Crippen LogP contribution in [0.2, 0.25) is 5.02 Å². The molecule has 4 rings (SSSR count). The number of rotatable bonds is 3. The number of carbonyl (C=O) groups is 2. The number of imide groups is 1. The Labute approximate surface area is 164 Å². The van der Waals surface area contributed by atoms with Crippen LogP contribution in [-0.4, -0.2) is 23.6 Å². The van der Waals surface area contributed by atoms with Gasteiger partial charge in [-0.1, -0.05) is 11.6 Å². The van der Waals surface area contributed by atoms with E-state index in [1.54, 1.807) is 12.1 Å². The van der Waals surface area contributed by atoms with Crippen LogP contribution in [0, 0.1) is 11.6 Å². The summed E-state index contributed by atoms with van der Waals surface area (Å²) < 4.78 is 38.6. The van der Waals surface area contributed by atoms with Gasteiger partial charge in [0.25, 0.3) is 5.91 Å². The highest BCUT2D eigenvalue weighted by Gasteiger charge is 2.50. The van der Waals surface area contributed by atoms with E-state index < -0.39 is 29.1 Å². The molecule has 2 heterocycles. The van der Waals surface area contributed by atoms with Crippen LogP contribution in [0.5, 0.6) is 5.75 Å². The molecule has 6 nitrogen and oxygen atoms in total. The van der Waals surface area contributed by atoms with Crippen molar-refractivity contribution in [1.82, 2.24) is 10.2 Å². The maximum Gasteiger partial charge on any atom is 0.325 e. The fourth-order valence-electron chi connectivity index (χ4n) is 3.45. The van der Waals surface area contributed by atoms with Gasteiger partial charge in [-0.25, -0.2) is 13.6 Å². The van der Waals surface area contributed by atoms with Crippen LogP contribution in [0.1, 0.15) is 23.6 Å². The van der Waals surface area contributed by atoms with Crippen molar-refractivity contribution in [2.75, 3.05) is 6.79 Å². The van der Waals surface area contributed by atoms with Crippen molar-refractivity contribution >= 4 is 23.5 Å². The Balaban J connectivity index is 1.69. The molecule has 9 heteroatoms. The van der Waals surface area contributed by atoms with Crippen molar-refractivity contribution in [3.05, 3.63) is 63.7 Å². The summed E-state index contributed by atoms with van der Waals surface area (Å²) in [5.41, 5.74) is -0.768. The zero-order valence-electron chi connectivity index (χ0n) is 14.7. The molecule has 0 aromatic heterocycles. The summed E-state index contributed by atoms with van der Waals surface area (Å²) in [6, 6.07) is 5.30. The molecule has 2 aliphatic heterocycles. The molecule has 2 aromatic rings. The van der Waals surface area contributed by atoms with Crippen LogP contribution < -0.4 is 10.1 Å². The van der Waals surface area contributed by atoms with Gasteiger partial charge in [0.1, 0.15) is 22.9 Å². The number of benzene rings is 2. The zero-order chi connectivity index (χ0) is 20.1. The number of halogens is 3. The summed E-state index contributed by atoms with van der Waals surface area (Å²) in [6.45, 7) is 1.52. The minimum atomic E-state index is -1.73. The highest BCUT2D eigenvalue weighted by atomic mass is 35.5. The molecule has 0 saturated carbocycles. The fourth-order valence-corrected chi connectivity index (χ4v) is 3.71. The average Bonchev–Trinajstić information content (AvgIpc) is 2.87. The summed E-state index contributed by atoms with van der Waals surface area (Å²) >= 11 is 6.12. The second-order valence-corrected chi connectivity index (χ2v) is 7.17. The molecule has 28 heavy (non-hydrogen) atoms. The van der Waals surface area contributed by atoms with E-state index in [0.29, 0.717) is 21.9 Å². The quantitative estimate of drug-likeness (QED) is 0.790. The fraction of sp³-hybridized carbons (Fsp3) is 0.263. The van der Waals surface area contributed by atoms with Crippen molar-refractivity contribution in [3.8, 4) is 5.75 Å². The lowest BCUT2D eigenvalue weighted by Crippen LogP contribution is -2.41. The number of carbonyl (C=O) groups excluding carboxylic acids is 2. The molecule has 0 spiro atoms. The number of ether oxygens (including phenoxy) is 2. The molecule has 1 N–H and O–H groups in total. The Kier molecular flexibility index (Phi) is 4.47. The standard InChI is InChI=1S/C19H15ClF2N2O4/c1-19(14-6-13(21)2-3-15(14)22)17(25)24(18(26)23-19)7-10-4-12(20)5-11-8-27-9-28-16(10)11/h2-6H,7-9H2,1H3,(H,23,26)/t19-/m0/s1. The number of urea groups is 1. The molecule has 1 atom stereocenters. The van der Waals surface area contributed by atoms with E-state index in [0.717, 1.165) is 23.1 Å². The maximum absolute atomic E-state index is 14.3. The van der Waals surface area contributed by atoms with Crippen LogP contribution in [0.15, 0.2) is 30.3 Å². The third-order valence-electron chi connectivity index (χ3n) is 4.82. The first kappa shape index (κ1) is 18.6. The number of nitrogens with zero attached hydrogens (tertiary/aromatic N) is 1. The molecule has 3 amide bonds. The highest BCUT2D eigenvalue weighted by Crippen LogP contribution is 2.36. The molecule has 0 unspecified atom stereocenters. The summed E-state index contributed by atoms with van der Waals surface area (Å²) in [5, 5.41) is 2.86. The Morgan fingerprint density at radius 3 is 2.82 bits per heavy atom. The normalized spacial score (nSPS) is 21.4. The van der Waals surface area contributed by atoms with Gasteiger partial charge in [0.15, 0.2) is 6.79 Å². The number of amides is 3. The lowest BCUT2D eigenvalue weighted by atomic mass is 9.91. The van der Waals surface area contributed by atoms with E-state index in [1.165, 1.54) is 6.92 Å². The van der Waals surface area contributed by atoms with Gasteiger partial charge in [-0.3, -0.25) is 9.69 Å². The van der Waals surface area contributed by atoms with Crippen LogP contribution >= 0.6 is 11.6 Å². The van der Waals surface area contributed by atoms with Crippen molar-refractivity contribution in [3.63, 3.8) is 0 Å². The number of hydrogen-bond donors (Lipinski definition) is 1. The molecule has 2 aromatic carbocycles. The van der Waals surface area contributed by atoms with Gasteiger partial charge in [0, 0.05) is 21.7 Å². The Morgan fingerprint density at radius 1 is 1.25 bits per heavy atom. The Hall–Kier alpha value is -2.71. The zero-order valence-corrected chi connectivity index (χ0v) is 15.5. The monoisotopic (exact) mass is 408 g/mol. The van der Waals surface area contributed by atoms with Crippen molar-refractivity contribution < 1.29 is 27.8 Å². The molecule has 2 aliphatic rings. The second-order valence-electron chi connectivity index (χ2n) is 6.73. The van der Waals surface area contributed by atoms with Crippen LogP contribution in [0.4, 0.5) is 13.6 Å². The summed E-state index contributed by atoms with van der Waals surface area (Å²) in [5.74, 6) is -1.72. The van der Waals surface area contributed by atoms with Crippen LogP contribution in [0.25, 0.3) is 0 Å². The third-order valence-corrected chi connectivity index (χ3v) is 5.04. The van der Waals surface area contributed by atoms with E-state index in [2.05, 4.69) is 5.32 Å². The van der Waals surface area contributed by atoms with E-state index in [-0.39, 0.29) is 25.5 Å². The molecule has 1 fully saturated rings. The van der Waals surface area contributed by atoms with E-state index in [1.807, 2.05) is 0 Å². The predicted molar refractivity (Wildman–Crippen MR) is 94.5 cm³/mol. The minimum absolute atomic E-state index is 0.0357. The first-order chi connectivity index (χ1) is 13.3. The van der Waals surface area contributed by atoms with E-state index in [4.69, 9.17) is 21.1 Å². The number of hydrogen-bond acceptors (Lipinski definition) is 4. The maximum atomic E-state index is 14.3. The molecular weight excluding hydrogens is 394 g/mol. The topological polar surface area (TPSA) is 67.9 Å². The smallest absolute Gasteiger partial charge is 0.325 e. The molecule has 0 radical (unpaired) electrons. The molecular formula is C19H15ClF2N2O4. The van der Waals surface area contributed by atoms with E-state index >= 15 is 0 Å². The highest BCUT2D eigenvalue weighted by molar-refractivity contribution is 6.30. The largest absolute Gasteiger partial charge is 0.467 e. The van der Waals surface area contributed by atoms with Crippen molar-refractivity contribution in [2.24, 2.45) is 0 Å². The number of nitrogens with one attached hydrogen (secondary N) is 1. The number of fused-ring (bicyclic) bond motifs is 1. The molecule has 1 saturated heterocycles.